The minimum absolute atomic E-state index is 0.217. The van der Waals surface area contributed by atoms with Gasteiger partial charge in [0.15, 0.2) is 0 Å². The highest BCUT2D eigenvalue weighted by molar-refractivity contribution is 6.56. The summed E-state index contributed by atoms with van der Waals surface area (Å²) < 4.78 is -1.18. The molecule has 0 aromatic heterocycles. The van der Waals surface area contributed by atoms with E-state index in [1.807, 2.05) is 0 Å². The van der Waals surface area contributed by atoms with Crippen LogP contribution in [-0.2, 0) is 9.59 Å². The van der Waals surface area contributed by atoms with Crippen molar-refractivity contribution in [3.63, 3.8) is 0 Å². The number of alkyl halides is 2. The Balaban J connectivity index is 2.80. The lowest BCUT2D eigenvalue weighted by atomic mass is 10.0. The first kappa shape index (κ1) is 8.81. The van der Waals surface area contributed by atoms with Gasteiger partial charge in [-0.25, -0.2) is 4.79 Å². The molecule has 1 aliphatic carbocycles. The van der Waals surface area contributed by atoms with E-state index in [0.29, 0.717) is 0 Å². The van der Waals surface area contributed by atoms with Crippen molar-refractivity contribution >= 4 is 35.0 Å². The van der Waals surface area contributed by atoms with Crippen molar-refractivity contribution in [1.29, 1.82) is 0 Å². The molecule has 0 heterocycles. The molecular weight excluding hydrogens is 191 g/mol. The maximum absolute atomic E-state index is 10.9. The number of hydrogen-bond donors (Lipinski definition) is 1. The third-order valence-electron chi connectivity index (χ3n) is 1.95. The second-order valence-electron chi connectivity index (χ2n) is 2.85. The zero-order valence-electron chi connectivity index (χ0n) is 5.73. The molecule has 1 unspecified atom stereocenters. The molecule has 11 heavy (non-hydrogen) atoms. The van der Waals surface area contributed by atoms with E-state index in [1.54, 1.807) is 0 Å². The highest BCUT2D eigenvalue weighted by Gasteiger charge is 2.69. The number of carbonyl (C=O) groups is 2. The number of carbonyl (C=O) groups excluding carboxylic acids is 1. The molecule has 1 saturated carbocycles. The molecule has 5 heteroatoms. The molecule has 1 atom stereocenters. The van der Waals surface area contributed by atoms with Gasteiger partial charge in [-0.05, 0) is 13.3 Å². The molecular formula is C6H6Cl2O3. The fourth-order valence-corrected chi connectivity index (χ4v) is 1.59. The van der Waals surface area contributed by atoms with Crippen molar-refractivity contribution in [2.24, 2.45) is 5.41 Å². The van der Waals surface area contributed by atoms with Gasteiger partial charge in [-0.1, -0.05) is 0 Å². The van der Waals surface area contributed by atoms with Gasteiger partial charge in [-0.3, -0.25) is 4.79 Å². The van der Waals surface area contributed by atoms with E-state index in [1.165, 1.54) is 6.92 Å². The normalized spacial score (nSPS) is 33.0. The molecule has 1 fully saturated rings. The topological polar surface area (TPSA) is 54.4 Å². The van der Waals surface area contributed by atoms with E-state index < -0.39 is 21.5 Å². The highest BCUT2D eigenvalue weighted by Crippen LogP contribution is 2.64. The number of halogens is 2. The highest BCUT2D eigenvalue weighted by atomic mass is 35.5. The summed E-state index contributed by atoms with van der Waals surface area (Å²) >= 11 is 11.1. The number of carboxylic acids is 1. The molecule has 0 amide bonds. The molecule has 3 nitrogen and oxygen atoms in total. The summed E-state index contributed by atoms with van der Waals surface area (Å²) in [6.45, 7) is 1.45. The zero-order chi connectivity index (χ0) is 8.86. The minimum Gasteiger partial charge on any atom is -0.475 e. The Hall–Kier alpha value is -0.280. The summed E-state index contributed by atoms with van der Waals surface area (Å²) in [7, 11) is 0. The largest absolute Gasteiger partial charge is 0.475 e. The molecule has 0 aromatic rings. The Morgan fingerprint density at radius 2 is 1.82 bits per heavy atom. The molecule has 0 aliphatic heterocycles. The molecule has 1 rings (SSSR count). The Labute approximate surface area is 73.3 Å². The first-order valence-corrected chi connectivity index (χ1v) is 3.72. The molecule has 1 aliphatic rings. The Bertz CT molecular complexity index is 236. The standard InChI is InChI=1S/C6H6Cl2O3/c1-5(2-6(5,7)8)3(9)4(10)11/h2H2,1H3,(H,10,11). The van der Waals surface area contributed by atoms with E-state index in [-0.39, 0.29) is 6.42 Å². The average Bonchev–Trinajstić information content (AvgIpc) is 2.32. The SMILES string of the molecule is CC1(C(=O)C(=O)O)CC1(Cl)Cl. The zero-order valence-corrected chi connectivity index (χ0v) is 7.24. The number of carboxylic acid groups (broad SMARTS) is 1. The summed E-state index contributed by atoms with van der Waals surface area (Å²) in [4.78, 5) is 21.1. The summed E-state index contributed by atoms with van der Waals surface area (Å²) in [5.74, 6) is -2.39. The molecule has 0 bridgehead atoms. The van der Waals surface area contributed by atoms with Crippen LogP contribution in [0.2, 0.25) is 0 Å². The Morgan fingerprint density at radius 3 is 1.91 bits per heavy atom. The molecule has 0 radical (unpaired) electrons. The van der Waals surface area contributed by atoms with Crippen LogP contribution in [0.25, 0.3) is 0 Å². The number of Topliss-reactive ketones (excluding diaryl/α,β-unsaturated/α-hetero) is 1. The van der Waals surface area contributed by atoms with Crippen LogP contribution in [0, 0.1) is 5.41 Å². The first-order valence-electron chi connectivity index (χ1n) is 2.97. The first-order chi connectivity index (χ1) is 4.81. The smallest absolute Gasteiger partial charge is 0.372 e. The lowest BCUT2D eigenvalue weighted by Gasteiger charge is -2.05. The van der Waals surface area contributed by atoms with Crippen molar-refractivity contribution in [3.8, 4) is 0 Å². The van der Waals surface area contributed by atoms with Gasteiger partial charge < -0.3 is 5.11 Å². The number of rotatable bonds is 2. The second-order valence-corrected chi connectivity index (χ2v) is 4.33. The molecule has 0 saturated heterocycles. The van der Waals surface area contributed by atoms with Crippen LogP contribution in [0.1, 0.15) is 13.3 Å². The molecule has 0 spiro atoms. The third kappa shape index (κ3) is 1.12. The predicted molar refractivity (Wildman–Crippen MR) is 39.8 cm³/mol. The van der Waals surface area contributed by atoms with E-state index >= 15 is 0 Å². The van der Waals surface area contributed by atoms with Crippen LogP contribution in [0.5, 0.6) is 0 Å². The van der Waals surface area contributed by atoms with Gasteiger partial charge in [-0.2, -0.15) is 0 Å². The second kappa shape index (κ2) is 2.11. The van der Waals surface area contributed by atoms with Crippen LogP contribution in [0.3, 0.4) is 0 Å². The summed E-state index contributed by atoms with van der Waals surface area (Å²) in [5.41, 5.74) is -1.08. The molecule has 62 valence electrons. The van der Waals surface area contributed by atoms with Crippen molar-refractivity contribution in [3.05, 3.63) is 0 Å². The number of ketones is 1. The number of aliphatic carboxylic acids is 1. The average molecular weight is 197 g/mol. The van der Waals surface area contributed by atoms with Crippen molar-refractivity contribution in [2.75, 3.05) is 0 Å². The van der Waals surface area contributed by atoms with E-state index in [2.05, 4.69) is 0 Å². The van der Waals surface area contributed by atoms with Gasteiger partial charge in [0.25, 0.3) is 0 Å². The fraction of sp³-hybridized carbons (Fsp3) is 0.667. The van der Waals surface area contributed by atoms with Gasteiger partial charge >= 0.3 is 5.97 Å². The summed E-state index contributed by atoms with van der Waals surface area (Å²) in [5, 5.41) is 8.32. The van der Waals surface area contributed by atoms with Crippen LogP contribution < -0.4 is 0 Å². The van der Waals surface area contributed by atoms with Gasteiger partial charge in [0.1, 0.15) is 4.33 Å². The lowest BCUT2D eigenvalue weighted by Crippen LogP contribution is -2.26. The van der Waals surface area contributed by atoms with E-state index in [9.17, 15) is 9.59 Å². The van der Waals surface area contributed by atoms with Crippen LogP contribution in [0.4, 0.5) is 0 Å². The van der Waals surface area contributed by atoms with Gasteiger partial charge in [0.2, 0.25) is 5.78 Å². The van der Waals surface area contributed by atoms with Gasteiger partial charge in [0, 0.05) is 0 Å². The molecule has 1 N–H and O–H groups in total. The van der Waals surface area contributed by atoms with Gasteiger partial charge in [-0.15, -0.1) is 23.2 Å². The number of hydrogen-bond acceptors (Lipinski definition) is 2. The fourth-order valence-electron chi connectivity index (χ4n) is 0.882. The predicted octanol–water partition coefficient (Wildman–Crippen LogP) is 1.22. The minimum atomic E-state index is -1.48. The van der Waals surface area contributed by atoms with Crippen LogP contribution >= 0.6 is 23.2 Å². The summed E-state index contributed by atoms with van der Waals surface area (Å²) in [6, 6.07) is 0. The lowest BCUT2D eigenvalue weighted by molar-refractivity contribution is -0.151. The van der Waals surface area contributed by atoms with Crippen molar-refractivity contribution in [2.45, 2.75) is 17.7 Å². The Kier molecular flexibility index (Phi) is 1.69. The maximum atomic E-state index is 10.9. The monoisotopic (exact) mass is 196 g/mol. The summed E-state index contributed by atoms with van der Waals surface area (Å²) in [6.07, 6.45) is 0.217. The third-order valence-corrected chi connectivity index (χ3v) is 3.05. The van der Waals surface area contributed by atoms with Gasteiger partial charge in [0.05, 0.1) is 5.41 Å². The Morgan fingerprint density at radius 1 is 1.45 bits per heavy atom. The van der Waals surface area contributed by atoms with E-state index in [4.69, 9.17) is 28.3 Å². The quantitative estimate of drug-likeness (QED) is 0.534. The molecule has 0 aromatic carbocycles. The van der Waals surface area contributed by atoms with Crippen molar-refractivity contribution < 1.29 is 14.7 Å². The maximum Gasteiger partial charge on any atom is 0.372 e. The van der Waals surface area contributed by atoms with Crippen molar-refractivity contribution in [1.82, 2.24) is 0 Å². The van der Waals surface area contributed by atoms with Crippen LogP contribution in [-0.4, -0.2) is 21.2 Å². The van der Waals surface area contributed by atoms with E-state index in [0.717, 1.165) is 0 Å². The van der Waals surface area contributed by atoms with Crippen LogP contribution in [0.15, 0.2) is 0 Å².